The topological polar surface area (TPSA) is 102 Å². The van der Waals surface area contributed by atoms with E-state index in [1.165, 1.54) is 22.3 Å². The highest BCUT2D eigenvalue weighted by Crippen LogP contribution is 2.39. The molecule has 0 radical (unpaired) electrons. The van der Waals surface area contributed by atoms with Crippen molar-refractivity contribution in [2.45, 2.75) is 12.3 Å². The first-order chi connectivity index (χ1) is 15.4. The highest BCUT2D eigenvalue weighted by atomic mass is 15.0. The number of rotatable bonds is 5. The molecular formula is C27H31N5. The quantitative estimate of drug-likeness (QED) is 0.232. The zero-order chi connectivity index (χ0) is 23.1. The van der Waals surface area contributed by atoms with Gasteiger partial charge in [-0.15, -0.1) is 6.58 Å². The van der Waals surface area contributed by atoms with Gasteiger partial charge in [0.25, 0.3) is 0 Å². The van der Waals surface area contributed by atoms with Crippen molar-refractivity contribution in [3.63, 3.8) is 0 Å². The molecule has 164 valence electrons. The van der Waals surface area contributed by atoms with E-state index >= 15 is 0 Å². The van der Waals surface area contributed by atoms with Crippen LogP contribution >= 0.6 is 0 Å². The number of nitrogens with one attached hydrogen (secondary N) is 2. The minimum absolute atomic E-state index is 0.365. The van der Waals surface area contributed by atoms with E-state index in [-0.39, 0.29) is 0 Å². The second kappa shape index (κ2) is 10.3. The summed E-state index contributed by atoms with van der Waals surface area (Å²) in [6.45, 7) is 7.61. The lowest BCUT2D eigenvalue weighted by Gasteiger charge is -2.25. The molecule has 0 spiro atoms. The van der Waals surface area contributed by atoms with Crippen molar-refractivity contribution in [2.75, 3.05) is 18.1 Å². The molecule has 5 nitrogen and oxygen atoms in total. The van der Waals surface area contributed by atoms with E-state index in [0.717, 1.165) is 12.1 Å². The molecule has 0 amide bonds. The second-order valence-corrected chi connectivity index (χ2v) is 7.60. The van der Waals surface area contributed by atoms with Gasteiger partial charge >= 0.3 is 0 Å². The Kier molecular flexibility index (Phi) is 7.24. The molecule has 4 rings (SSSR count). The number of benzene rings is 3. The molecule has 1 unspecified atom stereocenters. The van der Waals surface area contributed by atoms with Crippen molar-refractivity contribution in [3.05, 3.63) is 120 Å². The molecule has 0 aromatic heterocycles. The van der Waals surface area contributed by atoms with Gasteiger partial charge in [0, 0.05) is 24.3 Å². The third kappa shape index (κ3) is 5.13. The summed E-state index contributed by atoms with van der Waals surface area (Å²) in [7, 11) is 1.71. The molecule has 1 aliphatic rings. The Morgan fingerprint density at radius 2 is 1.56 bits per heavy atom. The Morgan fingerprint density at radius 1 is 0.938 bits per heavy atom. The Morgan fingerprint density at radius 3 is 2.19 bits per heavy atom. The average molecular weight is 426 g/mol. The lowest BCUT2D eigenvalue weighted by Crippen LogP contribution is -2.23. The van der Waals surface area contributed by atoms with Gasteiger partial charge in [0.1, 0.15) is 11.5 Å². The van der Waals surface area contributed by atoms with E-state index in [4.69, 9.17) is 17.2 Å². The van der Waals surface area contributed by atoms with Gasteiger partial charge in [-0.25, -0.2) is 0 Å². The van der Waals surface area contributed by atoms with Crippen LogP contribution in [-0.4, -0.2) is 7.05 Å². The van der Waals surface area contributed by atoms with Gasteiger partial charge in [-0.3, -0.25) is 0 Å². The van der Waals surface area contributed by atoms with Crippen molar-refractivity contribution in [1.82, 2.24) is 5.32 Å². The fourth-order valence-corrected chi connectivity index (χ4v) is 3.74. The van der Waals surface area contributed by atoms with Gasteiger partial charge in [-0.05, 0) is 52.9 Å². The van der Waals surface area contributed by atoms with Crippen LogP contribution in [-0.2, 0) is 6.42 Å². The summed E-state index contributed by atoms with van der Waals surface area (Å²) in [6, 6.07) is 24.6. The predicted molar refractivity (Wildman–Crippen MR) is 137 cm³/mol. The van der Waals surface area contributed by atoms with E-state index in [1.54, 1.807) is 19.2 Å². The van der Waals surface area contributed by atoms with Crippen LogP contribution in [0.15, 0.2) is 109 Å². The second-order valence-electron chi connectivity index (χ2n) is 7.60. The molecular weight excluding hydrogens is 394 g/mol. The van der Waals surface area contributed by atoms with Gasteiger partial charge in [0.15, 0.2) is 0 Å². The van der Waals surface area contributed by atoms with E-state index < -0.39 is 0 Å². The number of anilines is 2. The number of nitrogen functional groups attached to an aromatic ring is 1. The summed E-state index contributed by atoms with van der Waals surface area (Å²) in [6.07, 6.45) is 3.14. The fraction of sp³-hybridized carbons (Fsp3) is 0.111. The van der Waals surface area contributed by atoms with Crippen LogP contribution < -0.4 is 27.8 Å². The molecule has 0 bridgehead atoms. The van der Waals surface area contributed by atoms with Crippen LogP contribution in [0, 0.1) is 0 Å². The molecule has 5 heteroatoms. The lowest BCUT2D eigenvalue weighted by atomic mass is 9.79. The maximum Gasteiger partial charge on any atom is 0.122 e. The summed E-state index contributed by atoms with van der Waals surface area (Å²) in [5.74, 6) is 0.899. The highest BCUT2D eigenvalue weighted by molar-refractivity contribution is 5.74. The standard InChI is InChI=1S/C16H14.C11H17N5/c1-2-12-11-13-7-3-4-9-15(13)16-10-6-5-8-14(12)16;1-7(12)10(11(14)15-2)16-9-5-3-8(13)4-6-9/h2-10,12H,1,11H2;3-6,15-16H,1,12-14H2,2H3/b;11-10-. The molecule has 0 heterocycles. The van der Waals surface area contributed by atoms with Crippen molar-refractivity contribution in [1.29, 1.82) is 0 Å². The van der Waals surface area contributed by atoms with E-state index in [0.29, 0.717) is 28.8 Å². The van der Waals surface area contributed by atoms with Crippen molar-refractivity contribution in [3.8, 4) is 11.1 Å². The molecule has 0 fully saturated rings. The maximum absolute atomic E-state index is 5.74. The molecule has 1 atom stereocenters. The Hall–Kier alpha value is -4.12. The minimum atomic E-state index is 0.365. The Bertz CT molecular complexity index is 1130. The summed E-state index contributed by atoms with van der Waals surface area (Å²) in [5, 5.41) is 5.88. The SMILES string of the molecule is C=C(N)/C(Nc1ccc(N)cc1)=C(\N)NC.C=CC1Cc2ccccc2-c2ccccc21. The molecule has 0 saturated heterocycles. The number of nitrogens with two attached hydrogens (primary N) is 3. The first-order valence-corrected chi connectivity index (χ1v) is 10.5. The predicted octanol–water partition coefficient (Wildman–Crippen LogP) is 4.68. The summed E-state index contributed by atoms with van der Waals surface area (Å²) in [5.41, 5.74) is 25.0. The van der Waals surface area contributed by atoms with E-state index in [2.05, 4.69) is 78.4 Å². The Balaban J connectivity index is 0.000000181. The largest absolute Gasteiger partial charge is 0.399 e. The highest BCUT2D eigenvalue weighted by Gasteiger charge is 2.21. The molecule has 1 aliphatic carbocycles. The van der Waals surface area contributed by atoms with Gasteiger partial charge in [0.2, 0.25) is 0 Å². The van der Waals surface area contributed by atoms with Crippen molar-refractivity contribution in [2.24, 2.45) is 11.5 Å². The number of hydrogen-bond donors (Lipinski definition) is 5. The molecule has 32 heavy (non-hydrogen) atoms. The first kappa shape index (κ1) is 22.6. The zero-order valence-corrected chi connectivity index (χ0v) is 18.4. The van der Waals surface area contributed by atoms with Crippen LogP contribution in [0.3, 0.4) is 0 Å². The normalized spacial score (nSPS) is 14.5. The van der Waals surface area contributed by atoms with Crippen LogP contribution in [0.5, 0.6) is 0 Å². The van der Waals surface area contributed by atoms with Gasteiger partial charge in [0.05, 0.1) is 5.70 Å². The zero-order valence-electron chi connectivity index (χ0n) is 18.4. The van der Waals surface area contributed by atoms with Gasteiger partial charge in [-0.1, -0.05) is 61.2 Å². The lowest BCUT2D eigenvalue weighted by molar-refractivity contribution is 0.825. The van der Waals surface area contributed by atoms with Gasteiger partial charge in [-0.2, -0.15) is 0 Å². The van der Waals surface area contributed by atoms with E-state index in [1.807, 2.05) is 12.1 Å². The Labute approximate surface area is 190 Å². The van der Waals surface area contributed by atoms with Crippen LogP contribution in [0.4, 0.5) is 11.4 Å². The molecule has 3 aromatic rings. The van der Waals surface area contributed by atoms with E-state index in [9.17, 15) is 0 Å². The molecule has 0 aliphatic heterocycles. The third-order valence-electron chi connectivity index (χ3n) is 5.43. The summed E-state index contributed by atoms with van der Waals surface area (Å²) < 4.78 is 0. The fourth-order valence-electron chi connectivity index (χ4n) is 3.74. The van der Waals surface area contributed by atoms with Crippen molar-refractivity contribution < 1.29 is 0 Å². The smallest absolute Gasteiger partial charge is 0.122 e. The third-order valence-corrected chi connectivity index (χ3v) is 5.43. The number of hydrogen-bond acceptors (Lipinski definition) is 5. The van der Waals surface area contributed by atoms with Crippen LogP contribution in [0.25, 0.3) is 11.1 Å². The van der Waals surface area contributed by atoms with Gasteiger partial charge < -0.3 is 27.8 Å². The number of fused-ring (bicyclic) bond motifs is 3. The molecule has 0 saturated carbocycles. The molecule has 3 aromatic carbocycles. The summed E-state index contributed by atoms with van der Waals surface area (Å²) >= 11 is 0. The summed E-state index contributed by atoms with van der Waals surface area (Å²) in [4.78, 5) is 0. The van der Waals surface area contributed by atoms with Crippen LogP contribution in [0.1, 0.15) is 17.0 Å². The maximum atomic E-state index is 5.74. The average Bonchev–Trinajstić information content (AvgIpc) is 2.83. The molecule has 8 N–H and O–H groups in total. The number of allylic oxidation sites excluding steroid dienone is 1. The monoisotopic (exact) mass is 425 g/mol. The first-order valence-electron chi connectivity index (χ1n) is 10.5. The van der Waals surface area contributed by atoms with Crippen LogP contribution in [0.2, 0.25) is 0 Å². The van der Waals surface area contributed by atoms with Crippen molar-refractivity contribution >= 4 is 11.4 Å². The minimum Gasteiger partial charge on any atom is -0.399 e.